The van der Waals surface area contributed by atoms with E-state index in [9.17, 15) is 0 Å². The highest BCUT2D eigenvalue weighted by Crippen LogP contribution is 2.42. The fourth-order valence-electron chi connectivity index (χ4n) is 5.24. The van der Waals surface area contributed by atoms with Gasteiger partial charge in [0, 0.05) is 22.8 Å². The zero-order chi connectivity index (χ0) is 21.1. The van der Waals surface area contributed by atoms with Crippen molar-refractivity contribution in [3.05, 3.63) is 114 Å². The Labute approximate surface area is 186 Å². The molecule has 2 nitrogen and oxygen atoms in total. The summed E-state index contributed by atoms with van der Waals surface area (Å²) in [6.07, 6.45) is 10.7. The maximum atomic E-state index is 5.34. The van der Waals surface area contributed by atoms with Gasteiger partial charge in [0.2, 0.25) is 0 Å². The Morgan fingerprint density at radius 3 is 2.00 bits per heavy atom. The average Bonchev–Trinajstić information content (AvgIpc) is 3.15. The molecule has 0 saturated carbocycles. The second-order valence-electron chi connectivity index (χ2n) is 8.50. The molecule has 2 aliphatic rings. The van der Waals surface area contributed by atoms with Gasteiger partial charge < -0.3 is 0 Å². The van der Waals surface area contributed by atoms with Gasteiger partial charge >= 0.3 is 0 Å². The van der Waals surface area contributed by atoms with E-state index in [1.165, 1.54) is 38.4 Å². The molecular weight excluding hydrogens is 388 g/mol. The van der Waals surface area contributed by atoms with Crippen molar-refractivity contribution < 1.29 is 0 Å². The quantitative estimate of drug-likeness (QED) is 0.249. The molecule has 0 fully saturated rings. The van der Waals surface area contributed by atoms with Gasteiger partial charge in [-0.1, -0.05) is 97.1 Å². The number of fused-ring (bicyclic) bond motifs is 11. The van der Waals surface area contributed by atoms with E-state index in [2.05, 4.69) is 97.1 Å². The molecule has 0 atom stereocenters. The number of rotatable bonds is 0. The Balaban J connectivity index is 1.66. The highest BCUT2D eigenvalue weighted by atomic mass is 14.8. The van der Waals surface area contributed by atoms with Crippen molar-refractivity contribution in [3.8, 4) is 11.3 Å². The lowest BCUT2D eigenvalue weighted by Crippen LogP contribution is -2.00. The Kier molecular flexibility index (Phi) is 3.71. The summed E-state index contributed by atoms with van der Waals surface area (Å²) in [7, 11) is 0. The lowest BCUT2D eigenvalue weighted by atomic mass is 9.94. The molecule has 0 saturated heterocycles. The summed E-state index contributed by atoms with van der Waals surface area (Å²) >= 11 is 0. The third kappa shape index (κ3) is 2.47. The zero-order valence-electron chi connectivity index (χ0n) is 17.5. The highest BCUT2D eigenvalue weighted by Gasteiger charge is 2.24. The maximum absolute atomic E-state index is 5.34. The van der Waals surface area contributed by atoms with Crippen LogP contribution in [0.2, 0.25) is 0 Å². The number of aromatic nitrogens is 2. The van der Waals surface area contributed by atoms with Crippen LogP contribution in [-0.4, -0.2) is 9.97 Å². The summed E-state index contributed by atoms with van der Waals surface area (Å²) in [5.74, 6) is 0. The van der Waals surface area contributed by atoms with Gasteiger partial charge in [-0.2, -0.15) is 0 Å². The summed E-state index contributed by atoms with van der Waals surface area (Å²) in [5.41, 5.74) is 9.07. The topological polar surface area (TPSA) is 25.8 Å². The number of hydrogen-bond donors (Lipinski definition) is 0. The van der Waals surface area contributed by atoms with E-state index in [0.717, 1.165) is 40.6 Å². The first-order valence-electron chi connectivity index (χ1n) is 11.1. The van der Waals surface area contributed by atoms with E-state index >= 15 is 0 Å². The van der Waals surface area contributed by atoms with Gasteiger partial charge in [-0.05, 0) is 33.9 Å². The standard InChI is InChI=1S/C30H20N2/c1-2-10-19-18-27-28(24-15-7-4-12-21(24)20(19)11-3-1)32-30-26-17-9-6-14-23(26)22-13-5-8-16-25(22)29(30)31-27/h1,3-17H,2,18H2. The maximum Gasteiger partial charge on any atom is 0.0979 e. The molecule has 0 aliphatic heterocycles. The monoisotopic (exact) mass is 408 g/mol. The predicted molar refractivity (Wildman–Crippen MR) is 134 cm³/mol. The number of nitrogens with zero attached hydrogens (tertiary/aromatic N) is 2. The zero-order valence-corrected chi connectivity index (χ0v) is 17.5. The molecule has 2 aliphatic carbocycles. The van der Waals surface area contributed by atoms with Gasteiger partial charge in [0.25, 0.3) is 0 Å². The lowest BCUT2D eigenvalue weighted by Gasteiger charge is -2.13. The van der Waals surface area contributed by atoms with Crippen molar-refractivity contribution in [1.82, 2.24) is 9.97 Å². The van der Waals surface area contributed by atoms with Crippen molar-refractivity contribution in [1.29, 1.82) is 0 Å². The molecule has 4 aromatic carbocycles. The Hall–Kier alpha value is -4.04. The van der Waals surface area contributed by atoms with E-state index in [0.29, 0.717) is 0 Å². The molecule has 1 heterocycles. The molecular formula is C30H20N2. The van der Waals surface area contributed by atoms with E-state index in [4.69, 9.17) is 9.97 Å². The molecule has 0 radical (unpaired) electrons. The molecule has 0 N–H and O–H groups in total. The fourth-order valence-corrected chi connectivity index (χ4v) is 5.24. The molecule has 0 bridgehead atoms. The van der Waals surface area contributed by atoms with Crippen LogP contribution in [0.15, 0.2) is 103 Å². The van der Waals surface area contributed by atoms with Crippen molar-refractivity contribution in [2.45, 2.75) is 12.8 Å². The molecule has 150 valence electrons. The van der Waals surface area contributed by atoms with Gasteiger partial charge in [0.15, 0.2) is 0 Å². The van der Waals surface area contributed by atoms with Crippen LogP contribution >= 0.6 is 0 Å². The number of benzene rings is 4. The summed E-state index contributed by atoms with van der Waals surface area (Å²) < 4.78 is 0. The van der Waals surface area contributed by atoms with Crippen LogP contribution in [0.3, 0.4) is 0 Å². The second-order valence-corrected chi connectivity index (χ2v) is 8.50. The van der Waals surface area contributed by atoms with E-state index in [1.54, 1.807) is 0 Å². The smallest absolute Gasteiger partial charge is 0.0979 e. The Morgan fingerprint density at radius 2 is 1.25 bits per heavy atom. The van der Waals surface area contributed by atoms with Gasteiger partial charge in [-0.25, -0.2) is 9.97 Å². The van der Waals surface area contributed by atoms with E-state index in [-0.39, 0.29) is 0 Å². The van der Waals surface area contributed by atoms with Crippen LogP contribution in [0.25, 0.3) is 49.4 Å². The van der Waals surface area contributed by atoms with Crippen molar-refractivity contribution in [2.24, 2.45) is 0 Å². The lowest BCUT2D eigenvalue weighted by molar-refractivity contribution is 1.08. The van der Waals surface area contributed by atoms with Crippen LogP contribution in [0.5, 0.6) is 0 Å². The SMILES string of the molecule is C1=CCC=C2Cc3nc4c5ccccc5c5ccccc5c4nc3-c3ccccc3C2=C1. The molecule has 1 aromatic heterocycles. The summed E-state index contributed by atoms with van der Waals surface area (Å²) in [6, 6.07) is 25.8. The summed E-state index contributed by atoms with van der Waals surface area (Å²) in [4.78, 5) is 10.7. The highest BCUT2D eigenvalue weighted by molar-refractivity contribution is 6.23. The average molecular weight is 409 g/mol. The first-order valence-corrected chi connectivity index (χ1v) is 11.1. The van der Waals surface area contributed by atoms with Gasteiger partial charge in [-0.15, -0.1) is 0 Å². The van der Waals surface area contributed by atoms with Crippen LogP contribution in [0.4, 0.5) is 0 Å². The third-order valence-electron chi connectivity index (χ3n) is 6.70. The second kappa shape index (κ2) is 6.73. The molecule has 32 heavy (non-hydrogen) atoms. The van der Waals surface area contributed by atoms with Crippen molar-refractivity contribution in [3.63, 3.8) is 0 Å². The minimum Gasteiger partial charge on any atom is -0.248 e. The number of hydrogen-bond acceptors (Lipinski definition) is 2. The summed E-state index contributed by atoms with van der Waals surface area (Å²) in [5, 5.41) is 4.79. The molecule has 0 spiro atoms. The first kappa shape index (κ1) is 17.6. The van der Waals surface area contributed by atoms with Crippen LogP contribution < -0.4 is 0 Å². The normalized spacial score (nSPS) is 14.9. The Bertz CT molecular complexity index is 1670. The summed E-state index contributed by atoms with van der Waals surface area (Å²) in [6.45, 7) is 0. The molecule has 0 amide bonds. The Morgan fingerprint density at radius 1 is 0.625 bits per heavy atom. The fraction of sp³-hybridized carbons (Fsp3) is 0.0667. The van der Waals surface area contributed by atoms with E-state index < -0.39 is 0 Å². The molecule has 7 rings (SSSR count). The molecule has 5 aromatic rings. The van der Waals surface area contributed by atoms with Crippen LogP contribution in [0, 0.1) is 0 Å². The van der Waals surface area contributed by atoms with Gasteiger partial charge in [-0.3, -0.25) is 0 Å². The van der Waals surface area contributed by atoms with Crippen molar-refractivity contribution in [2.75, 3.05) is 0 Å². The van der Waals surface area contributed by atoms with E-state index in [1.807, 2.05) is 0 Å². The van der Waals surface area contributed by atoms with Gasteiger partial charge in [0.1, 0.15) is 0 Å². The molecule has 0 unspecified atom stereocenters. The van der Waals surface area contributed by atoms with Crippen LogP contribution in [0.1, 0.15) is 17.7 Å². The molecule has 2 heteroatoms. The first-order chi connectivity index (χ1) is 15.9. The third-order valence-corrected chi connectivity index (χ3v) is 6.70. The minimum atomic E-state index is 0.793. The van der Waals surface area contributed by atoms with Gasteiger partial charge in [0.05, 0.1) is 22.4 Å². The van der Waals surface area contributed by atoms with Crippen LogP contribution in [-0.2, 0) is 6.42 Å². The van der Waals surface area contributed by atoms with Crippen molar-refractivity contribution >= 4 is 38.2 Å². The largest absolute Gasteiger partial charge is 0.248 e. The predicted octanol–water partition coefficient (Wildman–Crippen LogP) is 7.43. The minimum absolute atomic E-state index is 0.793. The number of allylic oxidation sites excluding steroid dienone is 6.